The molecule has 49 nitrogen and oxygen atoms in total. The molecule has 5 aliphatic heterocycles. The van der Waals surface area contributed by atoms with Gasteiger partial charge in [0.2, 0.25) is 94.5 Å². The van der Waals surface area contributed by atoms with Crippen LogP contribution in [0.4, 0.5) is 4.39 Å². The molecule has 0 aromatic heterocycles. The number of fused-ring (bicyclic) bond motifs is 2. The van der Waals surface area contributed by atoms with Crippen LogP contribution in [0.1, 0.15) is 194 Å². The predicted molar refractivity (Wildman–Crippen MR) is 509 cm³/mol. The Morgan fingerprint density at radius 3 is 1.61 bits per heavy atom. The highest BCUT2D eigenvalue weighted by atomic mass is 33.1. The number of aliphatic carboxylic acids is 5. The molecule has 8 rings (SSSR count). The van der Waals surface area contributed by atoms with Crippen LogP contribution in [0.5, 0.6) is 0 Å². The zero-order valence-corrected chi connectivity index (χ0v) is 82.2. The summed E-state index contributed by atoms with van der Waals surface area (Å²) in [5.74, 6) is -25.8. The van der Waals surface area contributed by atoms with Gasteiger partial charge in [0, 0.05) is 108 Å². The van der Waals surface area contributed by atoms with Crippen LogP contribution in [0, 0.1) is 29.6 Å². The maximum absolute atomic E-state index is 15.7. The Hall–Kier alpha value is -10.8. The minimum Gasteiger partial charge on any atom is -0.481 e. The van der Waals surface area contributed by atoms with Gasteiger partial charge in [0.25, 0.3) is 0 Å². The number of rotatable bonds is 43. The van der Waals surface area contributed by atoms with Gasteiger partial charge in [-0.1, -0.05) is 80.4 Å². The summed E-state index contributed by atoms with van der Waals surface area (Å²) in [4.78, 5) is 299. The van der Waals surface area contributed by atoms with Gasteiger partial charge < -0.3 is 127 Å². The van der Waals surface area contributed by atoms with E-state index in [-0.39, 0.29) is 186 Å². The average Bonchev–Trinajstić information content (AvgIpc) is 1.67. The summed E-state index contributed by atoms with van der Waals surface area (Å²) in [7, 11) is 1.45. The second kappa shape index (κ2) is 58.8. The van der Waals surface area contributed by atoms with Gasteiger partial charge in [-0.25, -0.2) is 4.39 Å². The first-order valence-corrected chi connectivity index (χ1v) is 51.7. The van der Waals surface area contributed by atoms with Gasteiger partial charge in [-0.2, -0.15) is 0 Å². The Labute approximate surface area is 830 Å². The highest BCUT2D eigenvalue weighted by Gasteiger charge is 2.47. The van der Waals surface area contributed by atoms with Crippen LogP contribution in [-0.2, 0) is 101 Å². The number of hydrogen-bond acceptors (Lipinski definition) is 30. The minimum atomic E-state index is -2.15. The van der Waals surface area contributed by atoms with E-state index >= 15 is 42.7 Å². The molecule has 0 bridgehead atoms. The normalized spacial score (nSPS) is 27.4. The average molecular weight is 2050 g/mol. The smallest absolute Gasteiger partial charge is 0.317 e. The molecule has 0 aromatic carbocycles. The number of aliphatic hydroxyl groups excluding tert-OH is 1. The van der Waals surface area contributed by atoms with Crippen molar-refractivity contribution in [1.29, 1.82) is 0 Å². The molecule has 0 radical (unpaired) electrons. The number of amides is 16. The topological polar surface area (TPSA) is 743 Å². The van der Waals surface area contributed by atoms with Crippen molar-refractivity contribution in [2.45, 2.75) is 290 Å². The monoisotopic (exact) mass is 2050 g/mol. The first-order valence-electron chi connectivity index (χ1n) is 49.2. The highest BCUT2D eigenvalue weighted by molar-refractivity contribution is 8.76. The molecule has 26 N–H and O–H groups in total. The van der Waals surface area contributed by atoms with Crippen LogP contribution < -0.4 is 91.6 Å². The number of carboxylic acids is 5. The number of halogens is 1. The zero-order valence-electron chi connectivity index (χ0n) is 80.6. The van der Waals surface area contributed by atoms with Crippen LogP contribution in [0.3, 0.4) is 0 Å². The molecule has 3 aliphatic carbocycles. The third kappa shape index (κ3) is 39.7. The van der Waals surface area contributed by atoms with Gasteiger partial charge >= 0.3 is 29.8 Å². The number of carboxylic acid groups (broad SMARTS) is 5. The van der Waals surface area contributed by atoms with Crippen molar-refractivity contribution >= 4 is 146 Å². The number of likely N-dealkylation sites (tertiary alicyclic amines) is 1. The second-order valence-corrected chi connectivity index (χ2v) is 41.4. The summed E-state index contributed by atoms with van der Waals surface area (Å²) in [6.45, 7) is 2.63. The van der Waals surface area contributed by atoms with Gasteiger partial charge in [0.1, 0.15) is 78.7 Å². The predicted octanol–water partition coefficient (Wildman–Crippen LogP) is -6.13. The first kappa shape index (κ1) is 116. The lowest BCUT2D eigenvalue weighted by molar-refractivity contribution is -0.142. The molecule has 20 atom stereocenters. The molecular weight excluding hydrogens is 1900 g/mol. The van der Waals surface area contributed by atoms with E-state index in [0.29, 0.717) is 38.6 Å². The number of aliphatic hydroxyl groups is 1. The molecular formula is C90H145FN22O27S2. The fourth-order valence-corrected chi connectivity index (χ4v) is 22.3. The maximum atomic E-state index is 15.7. The Balaban J connectivity index is 1.08. The van der Waals surface area contributed by atoms with E-state index < -0.39 is 271 Å². The Kier molecular flexibility index (Phi) is 48.3. The molecule has 142 heavy (non-hydrogen) atoms. The number of nitrogens with zero attached hydrogens (tertiary/aromatic N) is 5. The molecule has 3 saturated carbocycles. The molecule has 16 amide bonds. The third-order valence-corrected chi connectivity index (χ3v) is 29.7. The SMILES string of the molecule is CC(C)C[C@@H]1NC(=O)[C@H](CC2CC3CCCCC3N2)NC(=O)[C@@H](NC(=O)[C@H](CC(=O)O)NC(=O)[C@H](CO)NC(=O)CCCCCNC(=O)CN2CCN(CC(=O)O)CCN(CC(=O)O)CCN(CC(=O)O)CC2)CSSC[C@@H](C(=O)N2CCC[C@H]2C(=O)N[C@@H](CC2CCCC(F)C2)C(=O)N[C@@H](CC(=O)O)C(N)=O)NC(=O)[C@H](CC(N)=O)NC(=O)[C@H](CC2CNC3CCCCC23)NC(=O)[C@H](CCC(N)=O)NC1=O. The van der Waals surface area contributed by atoms with Gasteiger partial charge in [-0.15, -0.1) is 0 Å². The van der Waals surface area contributed by atoms with Crippen LogP contribution in [0.15, 0.2) is 0 Å². The van der Waals surface area contributed by atoms with Crippen molar-refractivity contribution in [2.75, 3.05) is 116 Å². The lowest BCUT2D eigenvalue weighted by Crippen LogP contribution is -2.61. The largest absolute Gasteiger partial charge is 0.481 e. The molecule has 796 valence electrons. The molecule has 0 aromatic rings. The fraction of sp³-hybridized carbons (Fsp3) is 0.767. The van der Waals surface area contributed by atoms with E-state index in [4.69, 9.17) is 17.2 Å². The van der Waals surface area contributed by atoms with Crippen LogP contribution in [0.2, 0.25) is 0 Å². The summed E-state index contributed by atoms with van der Waals surface area (Å²) in [6, 6.07) is -21.6. The van der Waals surface area contributed by atoms with Crippen molar-refractivity contribution in [2.24, 2.45) is 46.8 Å². The van der Waals surface area contributed by atoms with Gasteiger partial charge in [0.05, 0.1) is 52.0 Å². The summed E-state index contributed by atoms with van der Waals surface area (Å²) in [6.07, 6.45) is 2.53. The number of unbranched alkanes of at least 4 members (excludes halogenated alkanes) is 2. The van der Waals surface area contributed by atoms with Gasteiger partial charge in [-0.05, 0) is 139 Å². The van der Waals surface area contributed by atoms with E-state index in [2.05, 4.69) is 74.4 Å². The summed E-state index contributed by atoms with van der Waals surface area (Å²) in [5, 5.41) is 97.3. The lowest BCUT2D eigenvalue weighted by Gasteiger charge is -2.32. The van der Waals surface area contributed by atoms with Crippen LogP contribution >= 0.6 is 21.6 Å². The Bertz CT molecular complexity index is 4360. The summed E-state index contributed by atoms with van der Waals surface area (Å²) in [5.41, 5.74) is 17.0. The molecule has 8 unspecified atom stereocenters. The van der Waals surface area contributed by atoms with Gasteiger partial charge in [-0.3, -0.25) is 120 Å². The number of carbonyl (C=O) groups is 21. The molecule has 0 spiro atoms. The Morgan fingerprint density at radius 2 is 1.02 bits per heavy atom. The minimum absolute atomic E-state index is 0.00319. The van der Waals surface area contributed by atoms with Crippen molar-refractivity contribution in [3.63, 3.8) is 0 Å². The number of nitrogens with two attached hydrogens (primary N) is 3. The van der Waals surface area contributed by atoms with Crippen molar-refractivity contribution in [1.82, 2.24) is 98.9 Å². The van der Waals surface area contributed by atoms with E-state index in [1.807, 2.05) is 0 Å². The van der Waals surface area contributed by atoms with E-state index in [0.717, 1.165) is 77.9 Å². The third-order valence-electron chi connectivity index (χ3n) is 27.2. The zero-order chi connectivity index (χ0) is 104. The summed E-state index contributed by atoms with van der Waals surface area (Å²) < 4.78 is 15.0. The Morgan fingerprint density at radius 1 is 0.479 bits per heavy atom. The van der Waals surface area contributed by atoms with E-state index in [9.17, 15) is 93.0 Å². The molecule has 5 saturated heterocycles. The number of alkyl halides is 1. The number of hydrogen-bond donors (Lipinski definition) is 23. The van der Waals surface area contributed by atoms with Crippen LogP contribution in [0.25, 0.3) is 0 Å². The van der Waals surface area contributed by atoms with E-state index in [1.165, 1.54) is 0 Å². The molecule has 8 aliphatic rings. The quantitative estimate of drug-likeness (QED) is 0.0200. The molecule has 52 heteroatoms. The van der Waals surface area contributed by atoms with Crippen LogP contribution in [-0.4, -0.2) is 393 Å². The molecule has 8 fully saturated rings. The van der Waals surface area contributed by atoms with Gasteiger partial charge in [0.15, 0.2) is 0 Å². The van der Waals surface area contributed by atoms with E-state index in [1.54, 1.807) is 33.4 Å². The molecule has 5 heterocycles. The fourth-order valence-electron chi connectivity index (χ4n) is 19.9. The number of primary amides is 3. The maximum Gasteiger partial charge on any atom is 0.317 e. The van der Waals surface area contributed by atoms with Crippen molar-refractivity contribution in [3.05, 3.63) is 0 Å². The standard InChI is InChI=1S/C90H145FN22O27S2/c1-49(2)32-60-81(131)99-58(20-21-70(92)115)80(130)102-62(36-52-41-96-57-17-8-6-15-55(52)57)83(133)104-64(38-71(93)116)85(135)108-68(90(140)113-23-11-18-69(113)89(139)106-61(34-50-12-10-14-53(91)33-50)82(132)100-59(79(94)129)39-74(119)120)48-142-141-47-67(88(138)103-63(84(134)101-60)37-54-35-51-13-5-7-16-56(51)97-54)107-86(136)65(40-75(121)122)105-87(137)66(46-114)98-72(117)19-4-3-9-22-95-73(118)42-109-24-26-110(43-76(123)124)28-30-112(45-78(127)128)31-29-111(27-25-109)44-77(125)126/h49-69,96-97,114H,3-48H2,1-2H3,(H2,92,115)(H2,93,116)(H2,94,129)(H,95,118)(H,98,117)(H,99,131)(H,100,132)(H,101,134)(H,102,130)(H,103,138)(H,104,133)(H,105,137)(H,106,139)(H,107,136)(H,108,135)(H,119,120)(H,121,122)(H,123,124)(H,125,126)(H,127,128)/t50?,51?,52?,53?,54?,55?,56?,57?,58-,59-,60-,61-,62-,63-,64-,65-,66-,67-,68-,69-/m0/s1. The number of carbonyl (C=O) groups excluding carboxylic acids is 16. The highest BCUT2D eigenvalue weighted by Crippen LogP contribution is 2.39. The number of nitrogens with one attached hydrogen (secondary N) is 14. The summed E-state index contributed by atoms with van der Waals surface area (Å²) >= 11 is 0. The lowest BCUT2D eigenvalue weighted by atomic mass is 9.77. The second-order valence-electron chi connectivity index (χ2n) is 38.8. The first-order chi connectivity index (χ1) is 67.5. The van der Waals surface area contributed by atoms with Crippen molar-refractivity contribution < 1.29 is 136 Å². The van der Waals surface area contributed by atoms with Crippen molar-refractivity contribution in [3.8, 4) is 0 Å².